The quantitative estimate of drug-likeness (QED) is 0.813. The van der Waals surface area contributed by atoms with E-state index >= 15 is 0 Å². The third-order valence-corrected chi connectivity index (χ3v) is 5.91. The minimum absolute atomic E-state index is 0.0680. The number of nitrogens with zero attached hydrogens (tertiary/aromatic N) is 1. The molecule has 1 heterocycles. The number of amides is 2. The van der Waals surface area contributed by atoms with Crippen molar-refractivity contribution in [1.29, 1.82) is 0 Å². The van der Waals surface area contributed by atoms with Gasteiger partial charge in [0.15, 0.2) is 0 Å². The molecule has 6 heteroatoms. The van der Waals surface area contributed by atoms with E-state index in [-0.39, 0.29) is 19.1 Å². The number of benzene rings is 2. The Kier molecular flexibility index (Phi) is 5.41. The molecule has 153 valence electrons. The monoisotopic (exact) mass is 395 g/mol. The van der Waals surface area contributed by atoms with Gasteiger partial charge in [-0.15, -0.1) is 0 Å². The lowest BCUT2D eigenvalue weighted by atomic mass is 9.57. The van der Waals surface area contributed by atoms with Crippen LogP contribution in [0.15, 0.2) is 42.5 Å². The van der Waals surface area contributed by atoms with Gasteiger partial charge in [0.1, 0.15) is 12.4 Å². The second-order valence-corrected chi connectivity index (χ2v) is 8.09. The van der Waals surface area contributed by atoms with Crippen molar-refractivity contribution in [3.8, 4) is 5.75 Å². The molecule has 0 spiro atoms. The van der Waals surface area contributed by atoms with Gasteiger partial charge < -0.3 is 20.5 Å². The van der Waals surface area contributed by atoms with Crippen LogP contribution in [0.2, 0.25) is 0 Å². The van der Waals surface area contributed by atoms with Crippen LogP contribution in [0.25, 0.3) is 0 Å². The number of aliphatic hydroxyl groups is 1. The largest absolute Gasteiger partial charge is 0.491 e. The molecule has 6 nitrogen and oxygen atoms in total. The molecule has 0 fully saturated rings. The Hall–Kier alpha value is -2.86. The van der Waals surface area contributed by atoms with E-state index in [9.17, 15) is 9.59 Å². The van der Waals surface area contributed by atoms with E-state index in [1.165, 1.54) is 6.92 Å². The van der Waals surface area contributed by atoms with Crippen molar-refractivity contribution in [3.05, 3.63) is 59.7 Å². The Bertz CT molecular complexity index is 923. The highest BCUT2D eigenvalue weighted by Gasteiger charge is 2.57. The van der Waals surface area contributed by atoms with E-state index in [4.69, 9.17) is 15.6 Å². The van der Waals surface area contributed by atoms with Crippen molar-refractivity contribution in [2.45, 2.75) is 38.6 Å². The molecule has 2 aromatic carbocycles. The fourth-order valence-electron chi connectivity index (χ4n) is 4.93. The van der Waals surface area contributed by atoms with Crippen molar-refractivity contribution >= 4 is 17.5 Å². The number of rotatable bonds is 5. The predicted octanol–water partition coefficient (Wildman–Crippen LogP) is 2.41. The van der Waals surface area contributed by atoms with Gasteiger partial charge in [-0.05, 0) is 55.3 Å². The summed E-state index contributed by atoms with van der Waals surface area (Å²) in [5.41, 5.74) is 6.77. The van der Waals surface area contributed by atoms with E-state index in [1.807, 2.05) is 57.2 Å². The Labute approximate surface area is 171 Å². The van der Waals surface area contributed by atoms with E-state index in [2.05, 4.69) is 6.07 Å². The molecule has 3 rings (SSSR count). The van der Waals surface area contributed by atoms with Crippen LogP contribution in [0.3, 0.4) is 0 Å². The summed E-state index contributed by atoms with van der Waals surface area (Å²) in [5.74, 6) is -0.670. The number of anilines is 1. The summed E-state index contributed by atoms with van der Waals surface area (Å²) >= 11 is 0. The Balaban J connectivity index is 2.25. The van der Waals surface area contributed by atoms with Crippen molar-refractivity contribution in [3.63, 3.8) is 0 Å². The molecule has 2 unspecified atom stereocenters. The summed E-state index contributed by atoms with van der Waals surface area (Å²) in [7, 11) is 0. The number of primary amides is 1. The van der Waals surface area contributed by atoms with Gasteiger partial charge in [-0.25, -0.2) is 0 Å². The van der Waals surface area contributed by atoms with Gasteiger partial charge in [0.2, 0.25) is 11.8 Å². The number of carbonyl (C=O) groups is 2. The third-order valence-electron chi connectivity index (χ3n) is 5.91. The van der Waals surface area contributed by atoms with Gasteiger partial charge in [0.25, 0.3) is 0 Å². The predicted molar refractivity (Wildman–Crippen MR) is 111 cm³/mol. The van der Waals surface area contributed by atoms with Gasteiger partial charge >= 0.3 is 0 Å². The summed E-state index contributed by atoms with van der Waals surface area (Å²) in [6.45, 7) is 7.37. The molecule has 2 amide bonds. The van der Waals surface area contributed by atoms with Crippen LogP contribution in [0, 0.1) is 12.0 Å². The molecule has 0 saturated heterocycles. The molecule has 1 aliphatic rings. The van der Waals surface area contributed by atoms with Gasteiger partial charge in [-0.3, -0.25) is 9.59 Å². The maximum absolute atomic E-state index is 12.8. The summed E-state index contributed by atoms with van der Waals surface area (Å²) in [5, 5.41) is 8.95. The van der Waals surface area contributed by atoms with Crippen LogP contribution in [0.5, 0.6) is 5.75 Å². The number of hydrogen-bond acceptors (Lipinski definition) is 4. The fraction of sp³-hybridized carbons (Fsp3) is 0.391. The number of carbonyl (C=O) groups excluding carboxylic acids is 2. The highest BCUT2D eigenvalue weighted by Crippen LogP contribution is 2.54. The SMILES string of the molecule is CC(=O)N1c2cc[c]cc2C(C)(c2ccc(OCCO)cc2)C(C(N)=O)C1(C)C. The first-order chi connectivity index (χ1) is 13.7. The number of hydrogen-bond donors (Lipinski definition) is 2. The van der Waals surface area contributed by atoms with Crippen LogP contribution in [-0.2, 0) is 15.0 Å². The minimum atomic E-state index is -0.840. The third kappa shape index (κ3) is 3.27. The lowest BCUT2D eigenvalue weighted by Crippen LogP contribution is -2.65. The van der Waals surface area contributed by atoms with Crippen LogP contribution < -0.4 is 15.4 Å². The molecular formula is C23H27N2O4. The molecule has 0 saturated carbocycles. The van der Waals surface area contributed by atoms with Gasteiger partial charge in [-0.1, -0.05) is 25.1 Å². The van der Waals surface area contributed by atoms with Crippen molar-refractivity contribution < 1.29 is 19.4 Å². The van der Waals surface area contributed by atoms with Crippen molar-refractivity contribution in [2.24, 2.45) is 11.7 Å². The molecule has 2 atom stereocenters. The van der Waals surface area contributed by atoms with Crippen LogP contribution in [0.4, 0.5) is 5.69 Å². The zero-order valence-electron chi connectivity index (χ0n) is 17.2. The average Bonchev–Trinajstić information content (AvgIpc) is 2.65. The second-order valence-electron chi connectivity index (χ2n) is 8.09. The Morgan fingerprint density at radius 1 is 1.21 bits per heavy atom. The molecule has 0 bridgehead atoms. The Morgan fingerprint density at radius 2 is 1.86 bits per heavy atom. The summed E-state index contributed by atoms with van der Waals surface area (Å²) in [6, 6.07) is 16.0. The van der Waals surface area contributed by atoms with Crippen molar-refractivity contribution in [1.82, 2.24) is 0 Å². The number of ether oxygens (including phenoxy) is 1. The normalized spacial score (nSPS) is 22.7. The maximum atomic E-state index is 12.8. The Morgan fingerprint density at radius 3 is 2.41 bits per heavy atom. The smallest absolute Gasteiger partial charge is 0.224 e. The number of fused-ring (bicyclic) bond motifs is 1. The molecule has 2 aromatic rings. The molecule has 1 radical (unpaired) electrons. The van der Waals surface area contributed by atoms with Crippen molar-refractivity contribution in [2.75, 3.05) is 18.1 Å². The van der Waals surface area contributed by atoms with Crippen LogP contribution in [0.1, 0.15) is 38.8 Å². The molecular weight excluding hydrogens is 368 g/mol. The average molecular weight is 395 g/mol. The minimum Gasteiger partial charge on any atom is -0.491 e. The zero-order chi connectivity index (χ0) is 21.4. The van der Waals surface area contributed by atoms with E-state index in [1.54, 1.807) is 11.0 Å². The first-order valence-electron chi connectivity index (χ1n) is 9.60. The highest BCUT2D eigenvalue weighted by molar-refractivity contribution is 5.98. The molecule has 3 N–H and O–H groups in total. The summed E-state index contributed by atoms with van der Waals surface area (Å²) < 4.78 is 5.46. The maximum Gasteiger partial charge on any atom is 0.224 e. The van der Waals surface area contributed by atoms with E-state index in [0.29, 0.717) is 5.75 Å². The first-order valence-corrected chi connectivity index (χ1v) is 9.60. The van der Waals surface area contributed by atoms with Gasteiger partial charge in [0, 0.05) is 18.0 Å². The molecule has 29 heavy (non-hydrogen) atoms. The van der Waals surface area contributed by atoms with E-state index < -0.39 is 22.8 Å². The summed E-state index contributed by atoms with van der Waals surface area (Å²) in [6.07, 6.45) is 0. The number of aliphatic hydroxyl groups excluding tert-OH is 1. The zero-order valence-corrected chi connectivity index (χ0v) is 17.2. The van der Waals surface area contributed by atoms with Gasteiger partial charge in [-0.2, -0.15) is 0 Å². The molecule has 0 aliphatic carbocycles. The number of nitrogens with two attached hydrogens (primary N) is 1. The summed E-state index contributed by atoms with van der Waals surface area (Å²) in [4.78, 5) is 27.0. The molecule has 1 aliphatic heterocycles. The molecule has 0 aromatic heterocycles. The topological polar surface area (TPSA) is 92.9 Å². The standard InChI is InChI=1S/C23H27N2O4/c1-15(27)25-19-8-6-5-7-18(19)23(4,20(21(24)28)22(25,2)3)16-9-11-17(12-10-16)29-14-13-26/h6-12,20,26H,13-14H2,1-4H3,(H2,24,28). The van der Waals surface area contributed by atoms with Crippen LogP contribution in [-0.4, -0.2) is 35.7 Å². The lowest BCUT2D eigenvalue weighted by molar-refractivity contribution is -0.127. The van der Waals surface area contributed by atoms with Gasteiger partial charge in [0.05, 0.1) is 18.1 Å². The van der Waals surface area contributed by atoms with E-state index in [0.717, 1.165) is 16.8 Å². The second kappa shape index (κ2) is 7.52. The lowest BCUT2D eigenvalue weighted by Gasteiger charge is -2.55. The fourth-order valence-corrected chi connectivity index (χ4v) is 4.93. The van der Waals surface area contributed by atoms with Crippen LogP contribution >= 0.6 is 0 Å². The highest BCUT2D eigenvalue weighted by atomic mass is 16.5. The first kappa shape index (κ1) is 20.9.